The van der Waals surface area contributed by atoms with Crippen molar-refractivity contribution in [2.45, 2.75) is 13.3 Å². The molecular formula is C14H9BrClFN2S. The van der Waals surface area contributed by atoms with Gasteiger partial charge in [0, 0.05) is 14.7 Å². The van der Waals surface area contributed by atoms with Gasteiger partial charge in [-0.2, -0.15) is 0 Å². The van der Waals surface area contributed by atoms with Crippen LogP contribution in [0.4, 0.5) is 4.39 Å². The van der Waals surface area contributed by atoms with Gasteiger partial charge in [0.2, 0.25) is 0 Å². The second-order valence-corrected chi connectivity index (χ2v) is 6.55. The number of hydrogen-bond donors (Lipinski definition) is 0. The van der Waals surface area contributed by atoms with Crippen LogP contribution in [0.15, 0.2) is 28.7 Å². The topological polar surface area (TPSA) is 25.8 Å². The lowest BCUT2D eigenvalue weighted by molar-refractivity contribution is 0.629. The summed E-state index contributed by atoms with van der Waals surface area (Å²) in [4.78, 5) is 10.6. The minimum absolute atomic E-state index is 0.303. The number of halogens is 3. The molecule has 2 heterocycles. The van der Waals surface area contributed by atoms with Crippen LogP contribution in [-0.4, -0.2) is 9.97 Å². The summed E-state index contributed by atoms with van der Waals surface area (Å²) in [6.07, 6.45) is 0.913. The summed E-state index contributed by atoms with van der Waals surface area (Å²) in [6.45, 7) is 2.07. The Labute approximate surface area is 132 Å². The lowest BCUT2D eigenvalue weighted by atomic mass is 10.2. The quantitative estimate of drug-likeness (QED) is 0.558. The first-order chi connectivity index (χ1) is 9.60. The van der Waals surface area contributed by atoms with E-state index in [-0.39, 0.29) is 5.82 Å². The van der Waals surface area contributed by atoms with E-state index in [1.807, 2.05) is 6.07 Å². The minimum Gasteiger partial charge on any atom is -0.217 e. The molecule has 0 atom stereocenters. The Morgan fingerprint density at radius 1 is 1.35 bits per heavy atom. The van der Waals surface area contributed by atoms with Crippen LogP contribution in [0.1, 0.15) is 11.8 Å². The zero-order valence-electron chi connectivity index (χ0n) is 10.5. The van der Waals surface area contributed by atoms with Gasteiger partial charge in [0.25, 0.3) is 0 Å². The van der Waals surface area contributed by atoms with Crippen molar-refractivity contribution in [3.8, 4) is 11.4 Å². The molecule has 0 unspecified atom stereocenters. The van der Waals surface area contributed by atoms with Gasteiger partial charge >= 0.3 is 0 Å². The van der Waals surface area contributed by atoms with E-state index in [9.17, 15) is 4.39 Å². The molecule has 3 aromatic rings. The van der Waals surface area contributed by atoms with E-state index in [0.717, 1.165) is 16.6 Å². The molecule has 0 amide bonds. The van der Waals surface area contributed by atoms with E-state index in [0.29, 0.717) is 21.0 Å². The molecule has 0 fully saturated rings. The number of aromatic nitrogens is 2. The predicted molar refractivity (Wildman–Crippen MR) is 84.9 cm³/mol. The fourth-order valence-corrected chi connectivity index (χ4v) is 3.70. The largest absolute Gasteiger partial charge is 0.217 e. The van der Waals surface area contributed by atoms with E-state index in [1.54, 1.807) is 23.5 Å². The second-order valence-electron chi connectivity index (χ2n) is 4.22. The summed E-state index contributed by atoms with van der Waals surface area (Å²) < 4.78 is 14.6. The standard InChI is InChI=1S/C14H9BrClFN2S/c1-2-7-6-8-12(16)18-13(19-14(8)20-7)11-9(15)4-3-5-10(11)17/h3-6H,2H2,1H3. The lowest BCUT2D eigenvalue weighted by Gasteiger charge is -2.05. The molecular weight excluding hydrogens is 363 g/mol. The molecule has 0 spiro atoms. The van der Waals surface area contributed by atoms with Gasteiger partial charge in [-0.1, -0.05) is 24.6 Å². The van der Waals surface area contributed by atoms with Gasteiger partial charge in [0.05, 0.1) is 5.56 Å². The number of fused-ring (bicyclic) bond motifs is 1. The first-order valence-electron chi connectivity index (χ1n) is 6.00. The maximum absolute atomic E-state index is 14.0. The van der Waals surface area contributed by atoms with Crippen LogP contribution >= 0.6 is 38.9 Å². The summed E-state index contributed by atoms with van der Waals surface area (Å²) >= 11 is 11.1. The molecule has 6 heteroatoms. The summed E-state index contributed by atoms with van der Waals surface area (Å²) in [5.41, 5.74) is 0.336. The molecule has 2 nitrogen and oxygen atoms in total. The van der Waals surface area contributed by atoms with E-state index in [2.05, 4.69) is 32.8 Å². The van der Waals surface area contributed by atoms with Crippen molar-refractivity contribution in [3.05, 3.63) is 44.6 Å². The summed E-state index contributed by atoms with van der Waals surface area (Å²) in [5.74, 6) is -0.0703. The molecule has 0 saturated heterocycles. The van der Waals surface area contributed by atoms with Crippen molar-refractivity contribution in [1.82, 2.24) is 9.97 Å². The molecule has 0 saturated carbocycles. The molecule has 0 aliphatic heterocycles. The van der Waals surface area contributed by atoms with Crippen LogP contribution < -0.4 is 0 Å². The Morgan fingerprint density at radius 3 is 2.85 bits per heavy atom. The van der Waals surface area contributed by atoms with Crippen LogP contribution in [0.25, 0.3) is 21.6 Å². The predicted octanol–water partition coefficient (Wildman–Crippen LogP) is 5.48. The third-order valence-corrected chi connectivity index (χ3v) is 5.05. The average molecular weight is 372 g/mol. The summed E-state index contributed by atoms with van der Waals surface area (Å²) in [6, 6.07) is 6.76. The average Bonchev–Trinajstić information content (AvgIpc) is 2.82. The first kappa shape index (κ1) is 13.9. The second kappa shape index (κ2) is 5.39. The van der Waals surface area contributed by atoms with Crippen molar-refractivity contribution < 1.29 is 4.39 Å². The zero-order valence-corrected chi connectivity index (χ0v) is 13.6. The molecule has 0 aliphatic rings. The SMILES string of the molecule is CCc1cc2c(Cl)nc(-c3c(F)cccc3Br)nc2s1. The zero-order chi connectivity index (χ0) is 14.3. The number of benzene rings is 1. The fourth-order valence-electron chi connectivity index (χ4n) is 1.93. The van der Waals surface area contributed by atoms with Crippen molar-refractivity contribution in [3.63, 3.8) is 0 Å². The molecule has 1 aromatic carbocycles. The Balaban J connectivity index is 2.27. The smallest absolute Gasteiger partial charge is 0.166 e. The van der Waals surface area contributed by atoms with Gasteiger partial charge in [-0.3, -0.25) is 0 Å². The van der Waals surface area contributed by atoms with Gasteiger partial charge < -0.3 is 0 Å². The molecule has 102 valence electrons. The normalized spacial score (nSPS) is 11.2. The van der Waals surface area contributed by atoms with Gasteiger partial charge in [0.15, 0.2) is 5.82 Å². The van der Waals surface area contributed by atoms with E-state index in [1.165, 1.54) is 10.9 Å². The van der Waals surface area contributed by atoms with Crippen LogP contribution in [-0.2, 0) is 6.42 Å². The molecule has 0 radical (unpaired) electrons. The summed E-state index contributed by atoms with van der Waals surface area (Å²) in [7, 11) is 0. The Hall–Kier alpha value is -1.04. The van der Waals surface area contributed by atoms with E-state index >= 15 is 0 Å². The monoisotopic (exact) mass is 370 g/mol. The molecule has 20 heavy (non-hydrogen) atoms. The van der Waals surface area contributed by atoms with Crippen LogP contribution in [0.2, 0.25) is 5.15 Å². The molecule has 0 aliphatic carbocycles. The highest BCUT2D eigenvalue weighted by atomic mass is 79.9. The third kappa shape index (κ3) is 2.34. The third-order valence-electron chi connectivity index (χ3n) is 2.93. The van der Waals surface area contributed by atoms with Crippen molar-refractivity contribution in [2.75, 3.05) is 0 Å². The van der Waals surface area contributed by atoms with Crippen molar-refractivity contribution in [1.29, 1.82) is 0 Å². The Kier molecular flexibility index (Phi) is 3.75. The number of aryl methyl sites for hydroxylation is 1. The highest BCUT2D eigenvalue weighted by Gasteiger charge is 2.16. The molecule has 2 aromatic heterocycles. The van der Waals surface area contributed by atoms with Crippen LogP contribution in [0.3, 0.4) is 0 Å². The maximum atomic E-state index is 14.0. The van der Waals surface area contributed by atoms with E-state index in [4.69, 9.17) is 11.6 Å². The van der Waals surface area contributed by atoms with Crippen molar-refractivity contribution >= 4 is 49.1 Å². The number of hydrogen-bond acceptors (Lipinski definition) is 3. The van der Waals surface area contributed by atoms with Crippen LogP contribution in [0.5, 0.6) is 0 Å². The van der Waals surface area contributed by atoms with Gasteiger partial charge in [-0.15, -0.1) is 11.3 Å². The summed E-state index contributed by atoms with van der Waals surface area (Å²) in [5, 5.41) is 1.18. The fraction of sp³-hybridized carbons (Fsp3) is 0.143. The van der Waals surface area contributed by atoms with Gasteiger partial charge in [-0.25, -0.2) is 14.4 Å². The van der Waals surface area contributed by atoms with Gasteiger partial charge in [0.1, 0.15) is 15.8 Å². The van der Waals surface area contributed by atoms with Crippen LogP contribution in [0, 0.1) is 5.82 Å². The van der Waals surface area contributed by atoms with Crippen molar-refractivity contribution in [2.24, 2.45) is 0 Å². The number of thiophene rings is 1. The minimum atomic E-state index is -0.373. The van der Waals surface area contributed by atoms with Gasteiger partial charge in [-0.05, 0) is 40.5 Å². The number of rotatable bonds is 2. The highest BCUT2D eigenvalue weighted by molar-refractivity contribution is 9.10. The Bertz CT molecular complexity index is 783. The highest BCUT2D eigenvalue weighted by Crippen LogP contribution is 2.34. The molecule has 0 bridgehead atoms. The Morgan fingerprint density at radius 2 is 2.15 bits per heavy atom. The first-order valence-corrected chi connectivity index (χ1v) is 7.99. The molecule has 3 rings (SSSR count). The molecule has 0 N–H and O–H groups in total. The maximum Gasteiger partial charge on any atom is 0.166 e. The number of nitrogens with zero attached hydrogens (tertiary/aromatic N) is 2. The lowest BCUT2D eigenvalue weighted by Crippen LogP contribution is -1.93. The van der Waals surface area contributed by atoms with E-state index < -0.39 is 0 Å².